The summed E-state index contributed by atoms with van der Waals surface area (Å²) >= 11 is 0. The Bertz CT molecular complexity index is 388. The minimum absolute atomic E-state index is 0.0181. The molecule has 0 rings (SSSR count). The largest absolute Gasteiger partial charge is 0.383 e. The molecule has 0 bridgehead atoms. The number of likely N-dealkylation sites (N-methyl/N-ethyl adjacent to an activating group) is 1. The van der Waals surface area contributed by atoms with Gasteiger partial charge in [-0.2, -0.15) is 0 Å². The average molecular weight is 315 g/mol. The highest BCUT2D eigenvalue weighted by atomic mass is 16.5. The van der Waals surface area contributed by atoms with Gasteiger partial charge in [-0.25, -0.2) is 4.99 Å². The van der Waals surface area contributed by atoms with Gasteiger partial charge in [-0.1, -0.05) is 0 Å². The van der Waals surface area contributed by atoms with Gasteiger partial charge in [-0.3, -0.25) is 9.59 Å². The fraction of sp³-hybridized carbons (Fsp3) is 0.786. The summed E-state index contributed by atoms with van der Waals surface area (Å²) in [5.74, 6) is 0.135. The molecule has 0 heterocycles. The Morgan fingerprint density at radius 2 is 1.82 bits per heavy atom. The van der Waals surface area contributed by atoms with Crippen LogP contribution < -0.4 is 16.0 Å². The second-order valence-electron chi connectivity index (χ2n) is 6.02. The molecule has 0 aliphatic heterocycles. The molecule has 0 aromatic carbocycles. The summed E-state index contributed by atoms with van der Waals surface area (Å²) < 4.78 is 4.95. The number of aliphatic imine (C=N–C) groups is 1. The van der Waals surface area contributed by atoms with E-state index < -0.39 is 0 Å². The fourth-order valence-corrected chi connectivity index (χ4v) is 1.37. The third-order valence-corrected chi connectivity index (χ3v) is 2.40. The van der Waals surface area contributed by atoms with Crippen LogP contribution in [0, 0.1) is 0 Å². The van der Waals surface area contributed by atoms with Crippen LogP contribution in [0.5, 0.6) is 0 Å². The third-order valence-electron chi connectivity index (χ3n) is 2.40. The van der Waals surface area contributed by atoms with Crippen LogP contribution in [0.25, 0.3) is 0 Å². The summed E-state index contributed by atoms with van der Waals surface area (Å²) in [5.41, 5.74) is -0.301. The molecule has 2 amide bonds. The van der Waals surface area contributed by atoms with Gasteiger partial charge in [0.1, 0.15) is 6.54 Å². The molecule has 0 atom stereocenters. The minimum Gasteiger partial charge on any atom is -0.383 e. The molecular formula is C14H29N5O3. The zero-order valence-electron chi connectivity index (χ0n) is 14.4. The molecule has 0 aliphatic rings. The zero-order chi connectivity index (χ0) is 17.2. The number of ether oxygens (including phenoxy) is 1. The Morgan fingerprint density at radius 1 is 1.18 bits per heavy atom. The molecule has 0 aromatic heterocycles. The number of carbonyl (C=O) groups is 2. The van der Waals surface area contributed by atoms with Crippen molar-refractivity contribution in [2.45, 2.75) is 26.3 Å². The lowest BCUT2D eigenvalue weighted by atomic mass is 10.1. The van der Waals surface area contributed by atoms with E-state index in [1.54, 1.807) is 21.2 Å². The highest BCUT2D eigenvalue weighted by Crippen LogP contribution is 1.97. The molecule has 0 spiro atoms. The van der Waals surface area contributed by atoms with Crippen LogP contribution in [0.3, 0.4) is 0 Å². The number of methoxy groups -OCH3 is 1. The van der Waals surface area contributed by atoms with Crippen LogP contribution >= 0.6 is 0 Å². The summed E-state index contributed by atoms with van der Waals surface area (Å²) in [5, 5.41) is 8.71. The molecule has 0 radical (unpaired) electrons. The van der Waals surface area contributed by atoms with Crippen LogP contribution in [0.2, 0.25) is 0 Å². The number of hydrogen-bond donors (Lipinski definition) is 3. The van der Waals surface area contributed by atoms with E-state index in [1.807, 2.05) is 20.8 Å². The smallest absolute Gasteiger partial charge is 0.242 e. The lowest BCUT2D eigenvalue weighted by Gasteiger charge is -2.20. The van der Waals surface area contributed by atoms with Crippen molar-refractivity contribution in [1.29, 1.82) is 0 Å². The van der Waals surface area contributed by atoms with E-state index in [4.69, 9.17) is 4.74 Å². The summed E-state index contributed by atoms with van der Waals surface area (Å²) in [4.78, 5) is 29.0. The van der Waals surface area contributed by atoms with Crippen molar-refractivity contribution in [2.24, 2.45) is 4.99 Å². The number of carbonyl (C=O) groups excluding carboxylic acids is 2. The molecule has 22 heavy (non-hydrogen) atoms. The number of guanidine groups is 1. The van der Waals surface area contributed by atoms with Gasteiger partial charge >= 0.3 is 0 Å². The first-order chi connectivity index (χ1) is 10.2. The first kappa shape index (κ1) is 20.2. The van der Waals surface area contributed by atoms with Crippen LogP contribution in [0.15, 0.2) is 4.99 Å². The van der Waals surface area contributed by atoms with Gasteiger partial charge < -0.3 is 25.6 Å². The maximum Gasteiger partial charge on any atom is 0.242 e. The standard InChI is InChI=1S/C14H29N5O3/c1-14(2,3)18-11(20)9-16-13(15-7-8-22-6)17-10-12(21)19(4)5/h7-10H2,1-6H3,(H,18,20)(H2,15,16,17). The van der Waals surface area contributed by atoms with Gasteiger partial charge in [-0.05, 0) is 20.8 Å². The van der Waals surface area contributed by atoms with Gasteiger partial charge in [0.2, 0.25) is 11.8 Å². The summed E-state index contributed by atoms with van der Waals surface area (Å²) in [6.07, 6.45) is 0. The van der Waals surface area contributed by atoms with E-state index in [0.29, 0.717) is 19.1 Å². The Labute approximate surface area is 132 Å². The molecule has 0 fully saturated rings. The lowest BCUT2D eigenvalue weighted by molar-refractivity contribution is -0.127. The fourth-order valence-electron chi connectivity index (χ4n) is 1.37. The van der Waals surface area contributed by atoms with Crippen LogP contribution in [0.4, 0.5) is 0 Å². The third kappa shape index (κ3) is 10.9. The SMILES string of the molecule is COCCNC(=NCC(=O)NC(C)(C)C)NCC(=O)N(C)C. The van der Waals surface area contributed by atoms with Crippen LogP contribution in [-0.2, 0) is 14.3 Å². The molecule has 0 aliphatic carbocycles. The summed E-state index contributed by atoms with van der Waals surface area (Å²) in [6.45, 7) is 6.82. The minimum atomic E-state index is -0.301. The molecule has 0 saturated heterocycles. The van der Waals surface area contributed by atoms with E-state index in [1.165, 1.54) is 4.90 Å². The van der Waals surface area contributed by atoms with Crippen molar-refractivity contribution in [1.82, 2.24) is 20.9 Å². The van der Waals surface area contributed by atoms with Gasteiger partial charge in [0, 0.05) is 33.3 Å². The second-order valence-corrected chi connectivity index (χ2v) is 6.02. The van der Waals surface area contributed by atoms with E-state index in [0.717, 1.165) is 0 Å². The molecule has 8 nitrogen and oxygen atoms in total. The molecule has 0 unspecified atom stereocenters. The number of nitrogens with zero attached hydrogens (tertiary/aromatic N) is 2. The van der Waals surface area contributed by atoms with Crippen molar-refractivity contribution >= 4 is 17.8 Å². The van der Waals surface area contributed by atoms with Crippen molar-refractivity contribution in [3.8, 4) is 0 Å². The van der Waals surface area contributed by atoms with E-state index in [-0.39, 0.29) is 30.4 Å². The summed E-state index contributed by atoms with van der Waals surface area (Å²) in [6, 6.07) is 0. The van der Waals surface area contributed by atoms with Gasteiger partial charge in [0.05, 0.1) is 13.2 Å². The first-order valence-electron chi connectivity index (χ1n) is 7.18. The summed E-state index contributed by atoms with van der Waals surface area (Å²) in [7, 11) is 4.95. The zero-order valence-corrected chi connectivity index (χ0v) is 14.4. The Kier molecular flexibility index (Phi) is 9.16. The maximum atomic E-state index is 11.8. The lowest BCUT2D eigenvalue weighted by Crippen LogP contribution is -2.45. The number of nitrogens with one attached hydrogen (secondary N) is 3. The topological polar surface area (TPSA) is 95.1 Å². The predicted molar refractivity (Wildman–Crippen MR) is 86.8 cm³/mol. The first-order valence-corrected chi connectivity index (χ1v) is 7.18. The van der Waals surface area contributed by atoms with Gasteiger partial charge in [0.25, 0.3) is 0 Å². The molecule has 0 aromatic rings. The molecule has 0 saturated carbocycles. The molecular weight excluding hydrogens is 286 g/mol. The van der Waals surface area contributed by atoms with Gasteiger partial charge in [0.15, 0.2) is 5.96 Å². The van der Waals surface area contributed by atoms with Crippen molar-refractivity contribution in [3.63, 3.8) is 0 Å². The monoisotopic (exact) mass is 315 g/mol. The Hall–Kier alpha value is -1.83. The number of amides is 2. The number of hydrogen-bond acceptors (Lipinski definition) is 4. The number of rotatable bonds is 7. The van der Waals surface area contributed by atoms with Crippen molar-refractivity contribution < 1.29 is 14.3 Å². The van der Waals surface area contributed by atoms with Crippen LogP contribution in [0.1, 0.15) is 20.8 Å². The normalized spacial score (nSPS) is 11.8. The highest BCUT2D eigenvalue weighted by molar-refractivity contribution is 5.88. The van der Waals surface area contributed by atoms with E-state index in [9.17, 15) is 9.59 Å². The van der Waals surface area contributed by atoms with Crippen molar-refractivity contribution in [2.75, 3.05) is 47.4 Å². The molecule has 128 valence electrons. The quantitative estimate of drug-likeness (QED) is 0.324. The highest BCUT2D eigenvalue weighted by Gasteiger charge is 2.13. The van der Waals surface area contributed by atoms with Crippen LogP contribution in [-0.4, -0.2) is 75.7 Å². The Morgan fingerprint density at radius 3 is 2.32 bits per heavy atom. The maximum absolute atomic E-state index is 11.8. The molecule has 3 N–H and O–H groups in total. The van der Waals surface area contributed by atoms with E-state index in [2.05, 4.69) is 20.9 Å². The van der Waals surface area contributed by atoms with Gasteiger partial charge in [-0.15, -0.1) is 0 Å². The van der Waals surface area contributed by atoms with E-state index >= 15 is 0 Å². The molecule has 8 heteroatoms. The van der Waals surface area contributed by atoms with Crippen molar-refractivity contribution in [3.05, 3.63) is 0 Å². The average Bonchev–Trinajstić information content (AvgIpc) is 2.38. The Balaban J connectivity index is 4.52. The second kappa shape index (κ2) is 9.99. The predicted octanol–water partition coefficient (Wildman–Crippen LogP) is -0.829.